The zero-order chi connectivity index (χ0) is 23.1. The van der Waals surface area contributed by atoms with E-state index in [4.69, 9.17) is 0 Å². The maximum Gasteiger partial charge on any atom is 0.254 e. The van der Waals surface area contributed by atoms with Crippen LogP contribution in [0.15, 0.2) is 36.4 Å². The number of carbonyl (C=O) groups excluding carboxylic acids is 2. The molecular weight excluding hydrogens is 417 g/mol. The number of fused-ring (bicyclic) bond motifs is 1. The summed E-state index contributed by atoms with van der Waals surface area (Å²) in [5.74, 6) is -0.411. The van der Waals surface area contributed by atoms with E-state index in [9.17, 15) is 9.59 Å². The van der Waals surface area contributed by atoms with Crippen molar-refractivity contribution in [2.24, 2.45) is 0 Å². The molecule has 2 aromatic rings. The third kappa shape index (κ3) is 4.17. The van der Waals surface area contributed by atoms with Gasteiger partial charge in [0, 0.05) is 61.5 Å². The van der Waals surface area contributed by atoms with Crippen LogP contribution < -0.4 is 0 Å². The summed E-state index contributed by atoms with van der Waals surface area (Å²) in [4.78, 5) is 32.1. The van der Waals surface area contributed by atoms with Crippen LogP contribution in [0.5, 0.6) is 0 Å². The molecule has 1 atom stereocenters. The first-order valence-electron chi connectivity index (χ1n) is 12.2. The normalized spacial score (nSPS) is 21.2. The molecule has 2 saturated heterocycles. The standard InChI is InChI=1S/C27H32FN3O2/c1-18(2)30-13-10-22(17-30)31-14-9-20-15-19(5-8-24(20)27(31)33)23-7-6-21(16-25(23)28)26(32)29-11-3-4-12-29/h5-8,15-16,18,22H,3-4,9-14,17H2,1-2H3/t22-/m1/s1. The zero-order valence-corrected chi connectivity index (χ0v) is 19.5. The smallest absolute Gasteiger partial charge is 0.254 e. The van der Waals surface area contributed by atoms with Crippen molar-refractivity contribution in [3.05, 3.63) is 58.9 Å². The summed E-state index contributed by atoms with van der Waals surface area (Å²) in [7, 11) is 0. The molecule has 0 aliphatic carbocycles. The molecule has 33 heavy (non-hydrogen) atoms. The van der Waals surface area contributed by atoms with Gasteiger partial charge in [-0.2, -0.15) is 0 Å². The van der Waals surface area contributed by atoms with E-state index in [0.29, 0.717) is 23.7 Å². The molecule has 2 amide bonds. The third-order valence-electron chi connectivity index (χ3n) is 7.50. The van der Waals surface area contributed by atoms with Crippen LogP contribution in [-0.2, 0) is 6.42 Å². The summed E-state index contributed by atoms with van der Waals surface area (Å²) in [6, 6.07) is 11.1. The summed E-state index contributed by atoms with van der Waals surface area (Å²) < 4.78 is 15.0. The number of hydrogen-bond acceptors (Lipinski definition) is 3. The van der Waals surface area contributed by atoms with Crippen LogP contribution in [-0.4, -0.2) is 71.3 Å². The Morgan fingerprint density at radius 3 is 2.45 bits per heavy atom. The molecule has 3 aliphatic rings. The Hall–Kier alpha value is -2.73. The average molecular weight is 450 g/mol. The topological polar surface area (TPSA) is 43.9 Å². The molecule has 5 nitrogen and oxygen atoms in total. The van der Waals surface area contributed by atoms with Gasteiger partial charge in [-0.05, 0) is 68.9 Å². The zero-order valence-electron chi connectivity index (χ0n) is 19.5. The molecule has 0 aromatic heterocycles. The minimum Gasteiger partial charge on any atom is -0.339 e. The molecule has 0 unspecified atom stereocenters. The van der Waals surface area contributed by atoms with Gasteiger partial charge in [-0.3, -0.25) is 14.5 Å². The number of halogens is 1. The summed E-state index contributed by atoms with van der Waals surface area (Å²) in [6.45, 7) is 8.56. The highest BCUT2D eigenvalue weighted by atomic mass is 19.1. The molecule has 3 aliphatic heterocycles. The molecule has 174 valence electrons. The molecule has 2 fully saturated rings. The first kappa shape index (κ1) is 22.1. The van der Waals surface area contributed by atoms with Crippen molar-refractivity contribution in [1.82, 2.24) is 14.7 Å². The second-order valence-electron chi connectivity index (χ2n) is 9.85. The highest BCUT2D eigenvalue weighted by Crippen LogP contribution is 2.31. The van der Waals surface area contributed by atoms with E-state index < -0.39 is 5.82 Å². The lowest BCUT2D eigenvalue weighted by molar-refractivity contribution is 0.0660. The molecule has 0 radical (unpaired) electrons. The van der Waals surface area contributed by atoms with Crippen LogP contribution in [0.3, 0.4) is 0 Å². The van der Waals surface area contributed by atoms with Crippen molar-refractivity contribution in [3.8, 4) is 11.1 Å². The van der Waals surface area contributed by atoms with Crippen molar-refractivity contribution in [2.75, 3.05) is 32.7 Å². The maximum absolute atomic E-state index is 15.0. The van der Waals surface area contributed by atoms with E-state index >= 15 is 4.39 Å². The van der Waals surface area contributed by atoms with Gasteiger partial charge in [-0.1, -0.05) is 18.2 Å². The lowest BCUT2D eigenvalue weighted by Crippen LogP contribution is -2.46. The Labute approximate surface area is 195 Å². The quantitative estimate of drug-likeness (QED) is 0.702. The van der Waals surface area contributed by atoms with E-state index in [1.165, 1.54) is 6.07 Å². The number of likely N-dealkylation sites (tertiary alicyclic amines) is 2. The van der Waals surface area contributed by atoms with Crippen LogP contribution >= 0.6 is 0 Å². The largest absolute Gasteiger partial charge is 0.339 e. The fourth-order valence-electron chi connectivity index (χ4n) is 5.50. The number of amides is 2. The predicted octanol–water partition coefficient (Wildman–Crippen LogP) is 4.21. The minimum absolute atomic E-state index is 0.0884. The average Bonchev–Trinajstić information content (AvgIpc) is 3.51. The fraction of sp³-hybridized carbons (Fsp3) is 0.481. The highest BCUT2D eigenvalue weighted by molar-refractivity contribution is 5.98. The molecular formula is C27H32FN3O2. The van der Waals surface area contributed by atoms with E-state index in [2.05, 4.69) is 18.7 Å². The van der Waals surface area contributed by atoms with E-state index in [-0.39, 0.29) is 17.9 Å². The summed E-state index contributed by atoms with van der Waals surface area (Å²) in [6.07, 6.45) is 3.81. The number of nitrogens with zero attached hydrogens (tertiary/aromatic N) is 3. The highest BCUT2D eigenvalue weighted by Gasteiger charge is 2.35. The summed E-state index contributed by atoms with van der Waals surface area (Å²) in [5, 5.41) is 0. The van der Waals surface area contributed by atoms with Gasteiger partial charge in [0.1, 0.15) is 5.82 Å². The van der Waals surface area contributed by atoms with Gasteiger partial charge in [-0.15, -0.1) is 0 Å². The lowest BCUT2D eigenvalue weighted by Gasteiger charge is -2.34. The van der Waals surface area contributed by atoms with Crippen LogP contribution in [0, 0.1) is 5.82 Å². The molecule has 2 aromatic carbocycles. The molecule has 0 spiro atoms. The van der Waals surface area contributed by atoms with Crippen molar-refractivity contribution in [3.63, 3.8) is 0 Å². The number of hydrogen-bond donors (Lipinski definition) is 0. The van der Waals surface area contributed by atoms with Crippen molar-refractivity contribution >= 4 is 11.8 Å². The molecule has 0 bridgehead atoms. The molecule has 6 heteroatoms. The Morgan fingerprint density at radius 2 is 1.76 bits per heavy atom. The summed E-state index contributed by atoms with van der Waals surface area (Å²) in [5.41, 5.74) is 3.32. The van der Waals surface area contributed by atoms with Crippen molar-refractivity contribution < 1.29 is 14.0 Å². The maximum atomic E-state index is 15.0. The second kappa shape index (κ2) is 8.90. The number of benzene rings is 2. The number of carbonyl (C=O) groups is 2. The second-order valence-corrected chi connectivity index (χ2v) is 9.85. The Balaban J connectivity index is 1.34. The monoisotopic (exact) mass is 449 g/mol. The SMILES string of the molecule is CC(C)N1CC[C@@H](N2CCc3cc(-c4ccc(C(=O)N5CCCC5)cc4F)ccc3C2=O)C1. The molecule has 0 N–H and O–H groups in total. The van der Waals surface area contributed by atoms with Crippen LogP contribution in [0.25, 0.3) is 11.1 Å². The van der Waals surface area contributed by atoms with Gasteiger partial charge in [0.2, 0.25) is 0 Å². The van der Waals surface area contributed by atoms with E-state index in [1.54, 1.807) is 17.0 Å². The Bertz CT molecular complexity index is 1080. The number of rotatable bonds is 4. The van der Waals surface area contributed by atoms with Crippen LogP contribution in [0.2, 0.25) is 0 Å². The Kier molecular flexibility index (Phi) is 5.95. The van der Waals surface area contributed by atoms with Crippen LogP contribution in [0.1, 0.15) is 59.4 Å². The molecule has 0 saturated carbocycles. The first-order valence-corrected chi connectivity index (χ1v) is 12.2. The van der Waals surface area contributed by atoms with Gasteiger partial charge < -0.3 is 9.80 Å². The van der Waals surface area contributed by atoms with E-state index in [0.717, 1.165) is 68.6 Å². The van der Waals surface area contributed by atoms with Gasteiger partial charge in [0.15, 0.2) is 0 Å². The third-order valence-corrected chi connectivity index (χ3v) is 7.50. The summed E-state index contributed by atoms with van der Waals surface area (Å²) >= 11 is 0. The molecule has 5 rings (SSSR count). The Morgan fingerprint density at radius 1 is 1.00 bits per heavy atom. The van der Waals surface area contributed by atoms with Gasteiger partial charge in [-0.25, -0.2) is 4.39 Å². The first-order chi connectivity index (χ1) is 15.9. The van der Waals surface area contributed by atoms with Crippen molar-refractivity contribution in [2.45, 2.75) is 51.6 Å². The van der Waals surface area contributed by atoms with Crippen molar-refractivity contribution in [1.29, 1.82) is 0 Å². The lowest BCUT2D eigenvalue weighted by atomic mass is 9.92. The van der Waals surface area contributed by atoms with E-state index in [1.807, 2.05) is 23.1 Å². The minimum atomic E-state index is -0.400. The van der Waals surface area contributed by atoms with Gasteiger partial charge in [0.05, 0.1) is 0 Å². The fourth-order valence-corrected chi connectivity index (χ4v) is 5.50. The van der Waals surface area contributed by atoms with Gasteiger partial charge in [0.25, 0.3) is 11.8 Å². The van der Waals surface area contributed by atoms with Gasteiger partial charge >= 0.3 is 0 Å². The molecule has 3 heterocycles. The van der Waals surface area contributed by atoms with Crippen LogP contribution in [0.4, 0.5) is 4.39 Å². The predicted molar refractivity (Wildman–Crippen MR) is 127 cm³/mol.